The summed E-state index contributed by atoms with van der Waals surface area (Å²) in [5, 5.41) is 8.49. The van der Waals surface area contributed by atoms with E-state index in [1.165, 1.54) is 7.11 Å². The van der Waals surface area contributed by atoms with E-state index < -0.39 is 5.97 Å². The fourth-order valence-electron chi connectivity index (χ4n) is 1.69. The predicted octanol–water partition coefficient (Wildman–Crippen LogP) is 0.940. The SMILES string of the molecule is COC(=O)N1CC[C@H](CCC(=O)O)C1. The van der Waals surface area contributed by atoms with Crippen LogP contribution in [0.1, 0.15) is 19.3 Å². The molecule has 1 N–H and O–H groups in total. The lowest BCUT2D eigenvalue weighted by molar-refractivity contribution is -0.137. The number of carbonyl (C=O) groups excluding carboxylic acids is 1. The zero-order valence-electron chi connectivity index (χ0n) is 8.23. The molecule has 5 heteroatoms. The summed E-state index contributed by atoms with van der Waals surface area (Å²) in [5.41, 5.74) is 0. The van der Waals surface area contributed by atoms with Gasteiger partial charge in [-0.05, 0) is 18.8 Å². The largest absolute Gasteiger partial charge is 0.481 e. The molecule has 1 atom stereocenters. The molecule has 0 spiro atoms. The van der Waals surface area contributed by atoms with E-state index in [9.17, 15) is 9.59 Å². The quantitative estimate of drug-likeness (QED) is 0.737. The molecule has 0 radical (unpaired) electrons. The number of hydrogen-bond donors (Lipinski definition) is 1. The Bertz CT molecular complexity index is 229. The maximum atomic E-state index is 11.1. The van der Waals surface area contributed by atoms with Crippen LogP contribution in [0.5, 0.6) is 0 Å². The average molecular weight is 201 g/mol. The van der Waals surface area contributed by atoms with Gasteiger partial charge in [0.25, 0.3) is 0 Å². The van der Waals surface area contributed by atoms with Crippen LogP contribution < -0.4 is 0 Å². The zero-order valence-corrected chi connectivity index (χ0v) is 8.23. The van der Waals surface area contributed by atoms with E-state index in [0.29, 0.717) is 25.4 Å². The van der Waals surface area contributed by atoms with E-state index in [1.54, 1.807) is 4.90 Å². The molecule has 1 aliphatic heterocycles. The highest BCUT2D eigenvalue weighted by atomic mass is 16.5. The molecule has 0 aromatic rings. The van der Waals surface area contributed by atoms with Crippen LogP contribution in [0.3, 0.4) is 0 Å². The Balaban J connectivity index is 2.27. The molecule has 0 aromatic heterocycles. The summed E-state index contributed by atoms with van der Waals surface area (Å²) in [5.74, 6) is -0.466. The van der Waals surface area contributed by atoms with Crippen LogP contribution in [-0.2, 0) is 9.53 Å². The van der Waals surface area contributed by atoms with Crippen molar-refractivity contribution in [1.29, 1.82) is 0 Å². The molecule has 5 nitrogen and oxygen atoms in total. The van der Waals surface area contributed by atoms with E-state index in [4.69, 9.17) is 5.11 Å². The number of ether oxygens (including phenoxy) is 1. The van der Waals surface area contributed by atoms with E-state index in [-0.39, 0.29) is 12.5 Å². The van der Waals surface area contributed by atoms with Gasteiger partial charge in [0.2, 0.25) is 0 Å². The van der Waals surface area contributed by atoms with Gasteiger partial charge in [-0.15, -0.1) is 0 Å². The molecule has 0 saturated carbocycles. The zero-order chi connectivity index (χ0) is 10.6. The molecule has 0 aliphatic carbocycles. The van der Waals surface area contributed by atoms with E-state index in [2.05, 4.69) is 4.74 Å². The second-order valence-electron chi connectivity index (χ2n) is 3.50. The number of carbonyl (C=O) groups is 2. The summed E-state index contributed by atoms with van der Waals surface area (Å²) in [6.45, 7) is 1.30. The third-order valence-electron chi connectivity index (χ3n) is 2.49. The lowest BCUT2D eigenvalue weighted by Gasteiger charge is -2.13. The summed E-state index contributed by atoms with van der Waals surface area (Å²) in [4.78, 5) is 23.0. The van der Waals surface area contributed by atoms with Gasteiger partial charge in [0.15, 0.2) is 0 Å². The second-order valence-corrected chi connectivity index (χ2v) is 3.50. The van der Waals surface area contributed by atoms with Crippen molar-refractivity contribution in [2.24, 2.45) is 5.92 Å². The topological polar surface area (TPSA) is 66.8 Å². The Labute approximate surface area is 82.6 Å². The van der Waals surface area contributed by atoms with Crippen molar-refractivity contribution in [3.63, 3.8) is 0 Å². The highest BCUT2D eigenvalue weighted by molar-refractivity contribution is 5.68. The smallest absolute Gasteiger partial charge is 0.409 e. The normalized spacial score (nSPS) is 20.9. The van der Waals surface area contributed by atoms with Crippen LogP contribution in [0.2, 0.25) is 0 Å². The molecule has 0 bridgehead atoms. The van der Waals surface area contributed by atoms with E-state index in [0.717, 1.165) is 6.42 Å². The fraction of sp³-hybridized carbons (Fsp3) is 0.778. The molecule has 1 saturated heterocycles. The fourth-order valence-corrected chi connectivity index (χ4v) is 1.69. The molecule has 80 valence electrons. The molecule has 14 heavy (non-hydrogen) atoms. The van der Waals surface area contributed by atoms with Crippen LogP contribution in [0.4, 0.5) is 4.79 Å². The lowest BCUT2D eigenvalue weighted by atomic mass is 10.0. The van der Waals surface area contributed by atoms with Crippen LogP contribution in [-0.4, -0.2) is 42.3 Å². The van der Waals surface area contributed by atoms with E-state index >= 15 is 0 Å². The molecule has 1 rings (SSSR count). The van der Waals surface area contributed by atoms with Crippen molar-refractivity contribution in [2.45, 2.75) is 19.3 Å². The van der Waals surface area contributed by atoms with Crippen molar-refractivity contribution in [3.05, 3.63) is 0 Å². The van der Waals surface area contributed by atoms with Gasteiger partial charge in [0, 0.05) is 19.5 Å². The number of likely N-dealkylation sites (tertiary alicyclic amines) is 1. The summed E-state index contributed by atoms with van der Waals surface area (Å²) in [7, 11) is 1.35. The summed E-state index contributed by atoms with van der Waals surface area (Å²) in [6.07, 6.45) is 1.38. The molecule has 0 unspecified atom stereocenters. The number of amides is 1. The first-order chi connectivity index (χ1) is 6.63. The van der Waals surface area contributed by atoms with Gasteiger partial charge in [0.1, 0.15) is 0 Å². The molecular formula is C9H15NO4. The van der Waals surface area contributed by atoms with Crippen LogP contribution in [0, 0.1) is 5.92 Å². The summed E-state index contributed by atoms with van der Waals surface area (Å²) < 4.78 is 4.58. The van der Waals surface area contributed by atoms with Crippen LogP contribution in [0.15, 0.2) is 0 Å². The Morgan fingerprint density at radius 1 is 1.57 bits per heavy atom. The molecule has 1 aliphatic rings. The second kappa shape index (κ2) is 4.83. The average Bonchev–Trinajstić information content (AvgIpc) is 2.62. The number of methoxy groups -OCH3 is 1. The van der Waals surface area contributed by atoms with Gasteiger partial charge < -0.3 is 14.7 Å². The van der Waals surface area contributed by atoms with Gasteiger partial charge >= 0.3 is 12.1 Å². The Kier molecular flexibility index (Phi) is 3.73. The maximum Gasteiger partial charge on any atom is 0.409 e. The summed E-state index contributed by atoms with van der Waals surface area (Å²) in [6, 6.07) is 0. The Morgan fingerprint density at radius 3 is 2.86 bits per heavy atom. The molecular weight excluding hydrogens is 186 g/mol. The highest BCUT2D eigenvalue weighted by Crippen LogP contribution is 2.21. The first-order valence-electron chi connectivity index (χ1n) is 4.68. The maximum absolute atomic E-state index is 11.1. The third kappa shape index (κ3) is 2.90. The number of aliphatic carboxylic acids is 1. The molecule has 1 fully saturated rings. The van der Waals surface area contributed by atoms with Gasteiger partial charge in [-0.2, -0.15) is 0 Å². The minimum absolute atomic E-state index is 0.180. The van der Waals surface area contributed by atoms with Crippen molar-refractivity contribution < 1.29 is 19.4 Å². The van der Waals surface area contributed by atoms with Crippen molar-refractivity contribution in [1.82, 2.24) is 4.90 Å². The predicted molar refractivity (Wildman–Crippen MR) is 49.0 cm³/mol. The van der Waals surface area contributed by atoms with Gasteiger partial charge in [0.05, 0.1) is 7.11 Å². The number of nitrogens with zero attached hydrogens (tertiary/aromatic N) is 1. The highest BCUT2D eigenvalue weighted by Gasteiger charge is 2.26. The van der Waals surface area contributed by atoms with Crippen molar-refractivity contribution >= 4 is 12.1 Å². The minimum atomic E-state index is -0.776. The number of rotatable bonds is 3. The minimum Gasteiger partial charge on any atom is -0.481 e. The van der Waals surface area contributed by atoms with Crippen LogP contribution >= 0.6 is 0 Å². The molecule has 1 heterocycles. The lowest BCUT2D eigenvalue weighted by Crippen LogP contribution is -2.28. The number of carboxylic acids is 1. The van der Waals surface area contributed by atoms with Gasteiger partial charge in [-0.25, -0.2) is 4.79 Å². The van der Waals surface area contributed by atoms with E-state index in [1.807, 2.05) is 0 Å². The van der Waals surface area contributed by atoms with Crippen molar-refractivity contribution in [2.75, 3.05) is 20.2 Å². The molecule has 0 aromatic carbocycles. The number of hydrogen-bond acceptors (Lipinski definition) is 3. The standard InChI is InChI=1S/C9H15NO4/c1-14-9(13)10-5-4-7(6-10)2-3-8(11)12/h7H,2-6H2,1H3,(H,11,12)/t7-/m0/s1. The van der Waals surface area contributed by atoms with Crippen molar-refractivity contribution in [3.8, 4) is 0 Å². The Morgan fingerprint density at radius 2 is 2.29 bits per heavy atom. The monoisotopic (exact) mass is 201 g/mol. The number of carboxylic acid groups (broad SMARTS) is 1. The summed E-state index contributed by atoms with van der Waals surface area (Å²) >= 11 is 0. The first-order valence-corrected chi connectivity index (χ1v) is 4.68. The third-order valence-corrected chi connectivity index (χ3v) is 2.49. The van der Waals surface area contributed by atoms with Crippen LogP contribution in [0.25, 0.3) is 0 Å². The Hall–Kier alpha value is -1.26. The first kappa shape index (κ1) is 10.8. The van der Waals surface area contributed by atoms with Gasteiger partial charge in [-0.1, -0.05) is 0 Å². The molecule has 1 amide bonds. The van der Waals surface area contributed by atoms with Gasteiger partial charge in [-0.3, -0.25) is 4.79 Å².